The molecule has 2 aromatic carbocycles. The Morgan fingerprint density at radius 2 is 1.88 bits per heavy atom. The molecular formula is C22H24FN7O2. The van der Waals surface area contributed by atoms with Gasteiger partial charge in [-0.15, -0.1) is 5.10 Å². The van der Waals surface area contributed by atoms with E-state index in [1.54, 1.807) is 6.92 Å². The highest BCUT2D eigenvalue weighted by Crippen LogP contribution is 2.31. The second-order valence-corrected chi connectivity index (χ2v) is 7.84. The van der Waals surface area contributed by atoms with Gasteiger partial charge in [0, 0.05) is 12.2 Å². The van der Waals surface area contributed by atoms with E-state index in [9.17, 15) is 14.0 Å². The number of aryl methyl sites for hydroxylation is 1. The number of aromatic nitrogens is 4. The molecule has 1 heterocycles. The number of carbonyl (C=O) groups excluding carboxylic acids is 2. The lowest BCUT2D eigenvalue weighted by atomic mass is 9.96. The van der Waals surface area contributed by atoms with E-state index in [1.165, 1.54) is 22.9 Å². The van der Waals surface area contributed by atoms with E-state index < -0.39 is 17.4 Å². The van der Waals surface area contributed by atoms with Crippen molar-refractivity contribution in [3.05, 3.63) is 65.7 Å². The minimum absolute atomic E-state index is 0.124. The van der Waals surface area contributed by atoms with Crippen molar-refractivity contribution < 1.29 is 14.0 Å². The van der Waals surface area contributed by atoms with Crippen molar-refractivity contribution in [2.45, 2.75) is 44.7 Å². The molecule has 0 atom stereocenters. The van der Waals surface area contributed by atoms with Crippen molar-refractivity contribution >= 4 is 17.6 Å². The maximum Gasteiger partial charge on any atom is 0.315 e. The van der Waals surface area contributed by atoms with Gasteiger partial charge in [0.25, 0.3) is 0 Å². The summed E-state index contributed by atoms with van der Waals surface area (Å²) in [6, 6.07) is 13.3. The van der Waals surface area contributed by atoms with Gasteiger partial charge in [0.1, 0.15) is 17.0 Å². The lowest BCUT2D eigenvalue weighted by Gasteiger charge is -2.29. The molecule has 0 bridgehead atoms. The van der Waals surface area contributed by atoms with Crippen LogP contribution in [0.3, 0.4) is 0 Å². The molecule has 3 aromatic rings. The van der Waals surface area contributed by atoms with Crippen LogP contribution in [0.5, 0.6) is 0 Å². The van der Waals surface area contributed by atoms with E-state index in [2.05, 4.69) is 31.5 Å². The summed E-state index contributed by atoms with van der Waals surface area (Å²) in [5, 5.41) is 19.6. The van der Waals surface area contributed by atoms with Crippen molar-refractivity contribution in [1.82, 2.24) is 30.8 Å². The van der Waals surface area contributed by atoms with Gasteiger partial charge < -0.3 is 16.0 Å². The highest BCUT2D eigenvalue weighted by atomic mass is 19.1. The Morgan fingerprint density at radius 3 is 2.56 bits per heavy atom. The van der Waals surface area contributed by atoms with Crippen LogP contribution in [0.1, 0.15) is 37.1 Å². The van der Waals surface area contributed by atoms with Crippen molar-refractivity contribution in [3.63, 3.8) is 0 Å². The van der Waals surface area contributed by atoms with E-state index in [4.69, 9.17) is 0 Å². The quantitative estimate of drug-likeness (QED) is 0.549. The molecule has 166 valence electrons. The summed E-state index contributed by atoms with van der Waals surface area (Å²) >= 11 is 0. The number of benzene rings is 2. The Morgan fingerprint density at radius 1 is 1.12 bits per heavy atom. The van der Waals surface area contributed by atoms with Crippen LogP contribution in [-0.4, -0.2) is 37.7 Å². The third kappa shape index (κ3) is 4.58. The third-order valence-electron chi connectivity index (χ3n) is 5.60. The number of hydrogen-bond donors (Lipinski definition) is 3. The predicted molar refractivity (Wildman–Crippen MR) is 115 cm³/mol. The summed E-state index contributed by atoms with van der Waals surface area (Å²) in [6.07, 6.45) is 2.70. The van der Waals surface area contributed by atoms with Crippen LogP contribution in [0.25, 0.3) is 5.69 Å². The Hall–Kier alpha value is -3.82. The molecule has 1 aliphatic carbocycles. The first-order chi connectivity index (χ1) is 15.5. The number of anilines is 1. The minimum Gasteiger partial charge on any atom is -0.334 e. The molecule has 0 saturated heterocycles. The second kappa shape index (κ2) is 9.13. The van der Waals surface area contributed by atoms with Crippen LogP contribution in [0, 0.1) is 12.7 Å². The van der Waals surface area contributed by atoms with Gasteiger partial charge in [-0.1, -0.05) is 43.2 Å². The number of rotatable bonds is 6. The summed E-state index contributed by atoms with van der Waals surface area (Å²) in [5.74, 6) is -0.445. The molecule has 1 aliphatic rings. The van der Waals surface area contributed by atoms with Crippen LogP contribution < -0.4 is 16.0 Å². The number of hydrogen-bond acceptors (Lipinski definition) is 5. The number of tetrazole rings is 1. The monoisotopic (exact) mass is 437 g/mol. The molecular weight excluding hydrogens is 413 g/mol. The van der Waals surface area contributed by atoms with Crippen LogP contribution in [-0.2, 0) is 11.3 Å². The summed E-state index contributed by atoms with van der Waals surface area (Å²) in [4.78, 5) is 25.8. The average Bonchev–Trinajstić information content (AvgIpc) is 3.44. The molecule has 9 nitrogen and oxygen atoms in total. The Bertz CT molecular complexity index is 1110. The molecule has 4 rings (SSSR count). The Balaban J connectivity index is 1.46. The molecule has 10 heteroatoms. The van der Waals surface area contributed by atoms with Crippen molar-refractivity contribution in [2.75, 3.05) is 5.32 Å². The normalized spacial score (nSPS) is 14.7. The van der Waals surface area contributed by atoms with Crippen LogP contribution in [0.4, 0.5) is 14.9 Å². The fourth-order valence-corrected chi connectivity index (χ4v) is 3.88. The first-order valence-electron chi connectivity index (χ1n) is 10.4. The highest BCUT2D eigenvalue weighted by Gasteiger charge is 2.42. The lowest BCUT2D eigenvalue weighted by molar-refractivity contribution is -0.121. The van der Waals surface area contributed by atoms with Crippen molar-refractivity contribution in [3.8, 4) is 5.69 Å². The molecule has 3 amide bonds. The fraction of sp³-hybridized carbons (Fsp3) is 0.318. The van der Waals surface area contributed by atoms with Crippen molar-refractivity contribution in [2.24, 2.45) is 0 Å². The third-order valence-corrected chi connectivity index (χ3v) is 5.60. The van der Waals surface area contributed by atoms with Gasteiger partial charge in [-0.25, -0.2) is 9.18 Å². The molecule has 3 N–H and O–H groups in total. The number of carbonyl (C=O) groups is 2. The van der Waals surface area contributed by atoms with Crippen LogP contribution in [0.15, 0.2) is 48.5 Å². The number of amides is 3. The van der Waals surface area contributed by atoms with Crippen LogP contribution in [0.2, 0.25) is 0 Å². The highest BCUT2D eigenvalue weighted by molar-refractivity contribution is 6.00. The van der Waals surface area contributed by atoms with Gasteiger partial charge in [-0.2, -0.15) is 4.68 Å². The molecule has 32 heavy (non-hydrogen) atoms. The second-order valence-electron chi connectivity index (χ2n) is 7.84. The van der Waals surface area contributed by atoms with E-state index in [1.807, 2.05) is 30.3 Å². The maximum atomic E-state index is 14.3. The van der Waals surface area contributed by atoms with Gasteiger partial charge in [0.05, 0.1) is 0 Å². The Labute approximate surface area is 184 Å². The van der Waals surface area contributed by atoms with Gasteiger partial charge >= 0.3 is 6.03 Å². The van der Waals surface area contributed by atoms with Gasteiger partial charge in [0.2, 0.25) is 5.91 Å². The molecule has 0 aliphatic heterocycles. The van der Waals surface area contributed by atoms with Gasteiger partial charge in [0.15, 0.2) is 5.82 Å². The van der Waals surface area contributed by atoms with Crippen LogP contribution >= 0.6 is 0 Å². The Kier molecular flexibility index (Phi) is 6.11. The summed E-state index contributed by atoms with van der Waals surface area (Å²) in [6.45, 7) is 2.01. The molecule has 0 spiro atoms. The largest absolute Gasteiger partial charge is 0.334 e. The number of urea groups is 1. The van der Waals surface area contributed by atoms with E-state index in [-0.39, 0.29) is 11.6 Å². The molecule has 1 fully saturated rings. The standard InChI is InChI=1S/C22H24FN7O2/c1-15-27-28-29-30(15)19-13-17(9-10-18(19)23)25-20(31)22(11-5-6-12-22)26-21(32)24-14-16-7-3-2-4-8-16/h2-4,7-10,13H,5-6,11-12,14H2,1H3,(H,25,31)(H2,24,26,32). The zero-order valence-electron chi connectivity index (χ0n) is 17.6. The first-order valence-corrected chi connectivity index (χ1v) is 10.4. The topological polar surface area (TPSA) is 114 Å². The fourth-order valence-electron chi connectivity index (χ4n) is 3.88. The maximum absolute atomic E-state index is 14.3. The van der Waals surface area contributed by atoms with Crippen molar-refractivity contribution in [1.29, 1.82) is 0 Å². The minimum atomic E-state index is -1.03. The zero-order valence-corrected chi connectivity index (χ0v) is 17.6. The number of halogens is 1. The zero-order chi connectivity index (χ0) is 22.6. The molecule has 0 radical (unpaired) electrons. The summed E-state index contributed by atoms with van der Waals surface area (Å²) < 4.78 is 15.6. The van der Waals surface area contributed by atoms with Gasteiger partial charge in [-0.05, 0) is 54.0 Å². The van der Waals surface area contributed by atoms with Gasteiger partial charge in [-0.3, -0.25) is 4.79 Å². The summed E-state index contributed by atoms with van der Waals surface area (Å²) in [5.41, 5.74) is 0.447. The number of nitrogens with zero attached hydrogens (tertiary/aromatic N) is 4. The van der Waals surface area contributed by atoms with E-state index in [0.717, 1.165) is 18.4 Å². The average molecular weight is 437 g/mol. The molecule has 0 unspecified atom stereocenters. The SMILES string of the molecule is Cc1nnnn1-c1cc(NC(=O)C2(NC(=O)NCc3ccccc3)CCCC2)ccc1F. The predicted octanol–water partition coefficient (Wildman–Crippen LogP) is 2.86. The van der Waals surface area contributed by atoms with E-state index >= 15 is 0 Å². The number of nitrogens with one attached hydrogen (secondary N) is 3. The molecule has 1 saturated carbocycles. The van der Waals surface area contributed by atoms with E-state index in [0.29, 0.717) is 30.9 Å². The summed E-state index contributed by atoms with van der Waals surface area (Å²) in [7, 11) is 0. The lowest BCUT2D eigenvalue weighted by Crippen LogP contribution is -2.57. The smallest absolute Gasteiger partial charge is 0.315 e. The molecule has 1 aromatic heterocycles. The first kappa shape index (κ1) is 21.4.